The molecule has 0 saturated heterocycles. The average molecular weight is 443 g/mol. The van der Waals surface area contributed by atoms with Gasteiger partial charge in [0.2, 0.25) is 11.1 Å². The number of carbonyl (C=O) groups is 1. The third kappa shape index (κ3) is 5.28. The van der Waals surface area contributed by atoms with Crippen molar-refractivity contribution in [1.29, 1.82) is 0 Å². The summed E-state index contributed by atoms with van der Waals surface area (Å²) in [7, 11) is 0. The molecule has 0 bridgehead atoms. The molecule has 148 valence electrons. The summed E-state index contributed by atoms with van der Waals surface area (Å²) in [5.41, 5.74) is 2.80. The van der Waals surface area contributed by atoms with Crippen molar-refractivity contribution < 1.29 is 4.79 Å². The Balaban J connectivity index is 1.31. The fourth-order valence-corrected chi connectivity index (χ4v) is 4.98. The van der Waals surface area contributed by atoms with Gasteiger partial charge in [0, 0.05) is 21.7 Å². The van der Waals surface area contributed by atoms with Crippen LogP contribution in [0.1, 0.15) is 21.1 Å². The van der Waals surface area contributed by atoms with E-state index < -0.39 is 0 Å². The highest BCUT2D eigenvalue weighted by Crippen LogP contribution is 2.23. The van der Waals surface area contributed by atoms with E-state index in [0.29, 0.717) is 12.3 Å². The van der Waals surface area contributed by atoms with Crippen molar-refractivity contribution >= 4 is 46.0 Å². The Labute approximate surface area is 180 Å². The number of amides is 1. The third-order valence-electron chi connectivity index (χ3n) is 4.06. The van der Waals surface area contributed by atoms with Gasteiger partial charge >= 0.3 is 0 Å². The van der Waals surface area contributed by atoms with Crippen LogP contribution in [-0.2, 0) is 23.5 Å². The second-order valence-electron chi connectivity index (χ2n) is 6.26. The van der Waals surface area contributed by atoms with Gasteiger partial charge in [0.25, 0.3) is 0 Å². The van der Waals surface area contributed by atoms with Gasteiger partial charge in [0.1, 0.15) is 5.01 Å². The summed E-state index contributed by atoms with van der Waals surface area (Å²) in [6, 6.07) is 11.8. The summed E-state index contributed by atoms with van der Waals surface area (Å²) in [6.45, 7) is 2.63. The Kier molecular flexibility index (Phi) is 6.33. The number of para-hydroxylation sites is 1. The molecular formula is C19H18N6OS3. The highest BCUT2D eigenvalue weighted by atomic mass is 32.2. The monoisotopic (exact) mass is 442 g/mol. The molecule has 7 nitrogen and oxygen atoms in total. The number of benzene rings is 1. The molecule has 4 aromatic rings. The Hall–Kier alpha value is -2.56. The number of hydrogen-bond donors (Lipinski definition) is 1. The van der Waals surface area contributed by atoms with Crippen molar-refractivity contribution in [1.82, 2.24) is 25.2 Å². The Morgan fingerprint density at radius 2 is 2.10 bits per heavy atom. The molecule has 1 aromatic carbocycles. The van der Waals surface area contributed by atoms with Gasteiger partial charge in [-0.15, -0.1) is 27.8 Å². The van der Waals surface area contributed by atoms with Crippen LogP contribution < -0.4 is 5.32 Å². The number of nitrogens with zero attached hydrogens (tertiary/aromatic N) is 5. The van der Waals surface area contributed by atoms with Crippen molar-refractivity contribution in [3.63, 3.8) is 0 Å². The number of nitrogens with one attached hydrogen (secondary N) is 1. The van der Waals surface area contributed by atoms with Gasteiger partial charge in [-0.25, -0.2) is 9.67 Å². The number of carbonyl (C=O) groups excluding carboxylic acids is 1. The van der Waals surface area contributed by atoms with Crippen LogP contribution in [0.2, 0.25) is 0 Å². The fourth-order valence-electron chi connectivity index (χ4n) is 2.63. The van der Waals surface area contributed by atoms with E-state index in [4.69, 9.17) is 0 Å². The molecule has 0 spiro atoms. The second kappa shape index (κ2) is 9.29. The van der Waals surface area contributed by atoms with Crippen LogP contribution in [-0.4, -0.2) is 31.1 Å². The number of aromatic nitrogens is 5. The van der Waals surface area contributed by atoms with Crippen LogP contribution in [0.15, 0.2) is 52.3 Å². The molecule has 0 fully saturated rings. The molecule has 1 amide bonds. The van der Waals surface area contributed by atoms with E-state index in [1.54, 1.807) is 27.8 Å². The maximum absolute atomic E-state index is 12.3. The summed E-state index contributed by atoms with van der Waals surface area (Å²) < 4.78 is 1.79. The number of anilines is 1. The van der Waals surface area contributed by atoms with Gasteiger partial charge in [-0.2, -0.15) is 0 Å². The zero-order valence-electron chi connectivity index (χ0n) is 15.6. The molecule has 3 heterocycles. The number of tetrazole rings is 1. The van der Waals surface area contributed by atoms with Crippen LogP contribution in [0.4, 0.5) is 5.69 Å². The molecule has 4 rings (SSSR count). The summed E-state index contributed by atoms with van der Waals surface area (Å²) in [6.07, 6.45) is 0.264. The van der Waals surface area contributed by atoms with E-state index in [1.807, 2.05) is 48.0 Å². The zero-order chi connectivity index (χ0) is 20.1. The maximum atomic E-state index is 12.3. The summed E-state index contributed by atoms with van der Waals surface area (Å²) in [4.78, 5) is 18.1. The van der Waals surface area contributed by atoms with E-state index in [9.17, 15) is 4.79 Å². The highest BCUT2D eigenvalue weighted by molar-refractivity contribution is 7.98. The lowest BCUT2D eigenvalue weighted by Crippen LogP contribution is -2.15. The lowest BCUT2D eigenvalue weighted by molar-refractivity contribution is -0.115. The first-order valence-electron chi connectivity index (χ1n) is 8.87. The van der Waals surface area contributed by atoms with Crippen LogP contribution >= 0.6 is 34.4 Å². The standard InChI is InChI=1S/C19H18N6OS3/c1-13-5-2-3-7-16(13)21-17(26)9-18-20-14(11-28-18)12-29-19-22-23-24-25(19)10-15-6-4-8-27-15/h2-8,11H,9-10,12H2,1H3,(H,21,26). The van der Waals surface area contributed by atoms with Gasteiger partial charge in [-0.05, 0) is 40.4 Å². The number of rotatable bonds is 8. The molecule has 0 aliphatic carbocycles. The molecule has 10 heteroatoms. The number of thiophene rings is 1. The Morgan fingerprint density at radius 3 is 2.93 bits per heavy atom. The summed E-state index contributed by atoms with van der Waals surface area (Å²) in [5.74, 6) is 0.591. The topological polar surface area (TPSA) is 85.6 Å². The maximum Gasteiger partial charge on any atom is 0.231 e. The molecule has 0 radical (unpaired) electrons. The van der Waals surface area contributed by atoms with E-state index in [1.165, 1.54) is 16.2 Å². The molecule has 0 aliphatic heterocycles. The molecule has 29 heavy (non-hydrogen) atoms. The van der Waals surface area contributed by atoms with Crippen molar-refractivity contribution in [2.75, 3.05) is 5.32 Å². The van der Waals surface area contributed by atoms with E-state index in [2.05, 4.69) is 31.9 Å². The predicted molar refractivity (Wildman–Crippen MR) is 116 cm³/mol. The molecule has 0 unspecified atom stereocenters. The Bertz CT molecular complexity index is 1090. The molecule has 0 aliphatic rings. The average Bonchev–Trinajstić information content (AvgIpc) is 3.45. The molecule has 0 saturated carbocycles. The van der Waals surface area contributed by atoms with Gasteiger partial charge in [0.15, 0.2) is 0 Å². The fraction of sp³-hybridized carbons (Fsp3) is 0.211. The van der Waals surface area contributed by atoms with E-state index >= 15 is 0 Å². The predicted octanol–water partition coefficient (Wildman–Crippen LogP) is 4.02. The molecule has 3 aromatic heterocycles. The number of thiazole rings is 1. The third-order valence-corrected chi connectivity index (χ3v) is 6.81. The largest absolute Gasteiger partial charge is 0.325 e. The van der Waals surface area contributed by atoms with Crippen LogP contribution in [0.3, 0.4) is 0 Å². The first-order valence-corrected chi connectivity index (χ1v) is 11.6. The quantitative estimate of drug-likeness (QED) is 0.415. The van der Waals surface area contributed by atoms with Crippen LogP contribution in [0.25, 0.3) is 0 Å². The minimum absolute atomic E-state index is 0.0623. The van der Waals surface area contributed by atoms with Gasteiger partial charge in [-0.3, -0.25) is 4.79 Å². The smallest absolute Gasteiger partial charge is 0.231 e. The van der Waals surface area contributed by atoms with Crippen molar-refractivity contribution in [2.24, 2.45) is 0 Å². The molecule has 0 atom stereocenters. The second-order valence-corrected chi connectivity index (χ2v) is 9.18. The molecular weight excluding hydrogens is 424 g/mol. The molecule has 1 N–H and O–H groups in total. The van der Waals surface area contributed by atoms with Gasteiger partial charge in [0.05, 0.1) is 18.7 Å². The zero-order valence-corrected chi connectivity index (χ0v) is 18.1. The first kappa shape index (κ1) is 19.7. The highest BCUT2D eigenvalue weighted by Gasteiger charge is 2.12. The first-order chi connectivity index (χ1) is 14.2. The lowest BCUT2D eigenvalue weighted by atomic mass is 10.2. The summed E-state index contributed by atoms with van der Waals surface area (Å²) in [5, 5.41) is 20.5. The SMILES string of the molecule is Cc1ccccc1NC(=O)Cc1nc(CSc2nnnn2Cc2cccs2)cs1. The van der Waals surface area contributed by atoms with Crippen molar-refractivity contribution in [2.45, 2.75) is 30.8 Å². The summed E-state index contributed by atoms with van der Waals surface area (Å²) >= 11 is 4.72. The normalized spacial score (nSPS) is 10.9. The minimum Gasteiger partial charge on any atom is -0.325 e. The lowest BCUT2D eigenvalue weighted by Gasteiger charge is -2.06. The number of hydrogen-bond acceptors (Lipinski definition) is 8. The van der Waals surface area contributed by atoms with Gasteiger partial charge in [-0.1, -0.05) is 36.0 Å². The number of thioether (sulfide) groups is 1. The number of aryl methyl sites for hydroxylation is 1. The van der Waals surface area contributed by atoms with Crippen molar-refractivity contribution in [3.8, 4) is 0 Å². The Morgan fingerprint density at radius 1 is 1.21 bits per heavy atom. The van der Waals surface area contributed by atoms with Gasteiger partial charge < -0.3 is 5.32 Å². The van der Waals surface area contributed by atoms with E-state index in [-0.39, 0.29) is 12.3 Å². The van der Waals surface area contributed by atoms with E-state index in [0.717, 1.165) is 27.1 Å². The minimum atomic E-state index is -0.0623. The van der Waals surface area contributed by atoms with Crippen LogP contribution in [0.5, 0.6) is 0 Å². The van der Waals surface area contributed by atoms with Crippen LogP contribution in [0, 0.1) is 6.92 Å². The van der Waals surface area contributed by atoms with Crippen molar-refractivity contribution in [3.05, 3.63) is 68.3 Å².